The summed E-state index contributed by atoms with van der Waals surface area (Å²) in [4.78, 5) is 26.3. The average molecular weight is 380 g/mol. The molecule has 0 saturated heterocycles. The summed E-state index contributed by atoms with van der Waals surface area (Å²) in [6, 6.07) is 13.7. The van der Waals surface area contributed by atoms with E-state index in [2.05, 4.69) is 5.32 Å². The lowest BCUT2D eigenvalue weighted by Crippen LogP contribution is -2.27. The van der Waals surface area contributed by atoms with Crippen molar-refractivity contribution in [2.45, 2.75) is 52.9 Å². The van der Waals surface area contributed by atoms with E-state index in [0.717, 1.165) is 28.8 Å². The molecule has 1 aliphatic heterocycles. The van der Waals surface area contributed by atoms with Crippen LogP contribution in [0.25, 0.3) is 0 Å². The van der Waals surface area contributed by atoms with Crippen molar-refractivity contribution in [1.29, 1.82) is 0 Å². The van der Waals surface area contributed by atoms with E-state index in [1.54, 1.807) is 6.07 Å². The molecule has 0 aliphatic carbocycles. The fourth-order valence-electron chi connectivity index (χ4n) is 3.29. The van der Waals surface area contributed by atoms with Gasteiger partial charge in [0, 0.05) is 30.8 Å². The molecule has 0 spiro atoms. The molecule has 1 heterocycles. The van der Waals surface area contributed by atoms with Crippen LogP contribution >= 0.6 is 0 Å². The number of nitrogens with one attached hydrogen (secondary N) is 1. The van der Waals surface area contributed by atoms with Crippen molar-refractivity contribution in [3.63, 3.8) is 0 Å². The summed E-state index contributed by atoms with van der Waals surface area (Å²) in [6.07, 6.45) is 1.49. The molecule has 1 N–H and O–H groups in total. The van der Waals surface area contributed by atoms with E-state index in [1.807, 2.05) is 62.1 Å². The predicted molar refractivity (Wildman–Crippen MR) is 110 cm³/mol. The van der Waals surface area contributed by atoms with Gasteiger partial charge in [0.1, 0.15) is 0 Å². The Morgan fingerprint density at radius 3 is 2.50 bits per heavy atom. The van der Waals surface area contributed by atoms with Crippen molar-refractivity contribution < 1.29 is 14.3 Å². The van der Waals surface area contributed by atoms with Crippen molar-refractivity contribution >= 4 is 17.5 Å². The second-order valence-electron chi connectivity index (χ2n) is 7.35. The maximum absolute atomic E-state index is 12.5. The molecule has 3 rings (SSSR count). The summed E-state index contributed by atoms with van der Waals surface area (Å²) in [5, 5.41) is 2.97. The van der Waals surface area contributed by atoms with Crippen LogP contribution in [-0.4, -0.2) is 24.5 Å². The number of carbonyl (C=O) groups is 2. The van der Waals surface area contributed by atoms with E-state index in [-0.39, 0.29) is 17.9 Å². The monoisotopic (exact) mass is 380 g/mol. The smallest absolute Gasteiger partial charge is 0.251 e. The Morgan fingerprint density at radius 2 is 1.82 bits per heavy atom. The largest absolute Gasteiger partial charge is 0.374 e. The van der Waals surface area contributed by atoms with Gasteiger partial charge in [-0.2, -0.15) is 0 Å². The number of amides is 2. The van der Waals surface area contributed by atoms with Gasteiger partial charge in [0.25, 0.3) is 5.91 Å². The van der Waals surface area contributed by atoms with Crippen LogP contribution in [0.4, 0.5) is 5.69 Å². The Labute approximate surface area is 166 Å². The third kappa shape index (κ3) is 4.78. The molecular weight excluding hydrogens is 352 g/mol. The summed E-state index contributed by atoms with van der Waals surface area (Å²) < 4.78 is 5.60. The van der Waals surface area contributed by atoms with Crippen molar-refractivity contribution in [2.24, 2.45) is 0 Å². The quantitative estimate of drug-likeness (QED) is 0.794. The lowest BCUT2D eigenvalue weighted by molar-refractivity contribution is -0.118. The summed E-state index contributed by atoms with van der Waals surface area (Å²) in [5.41, 5.74) is 4.79. The first-order valence-electron chi connectivity index (χ1n) is 9.89. The highest BCUT2D eigenvalue weighted by Crippen LogP contribution is 2.29. The number of hydrogen-bond donors (Lipinski definition) is 1. The van der Waals surface area contributed by atoms with Gasteiger partial charge in [0.15, 0.2) is 0 Å². The van der Waals surface area contributed by atoms with Crippen LogP contribution in [0.3, 0.4) is 0 Å². The van der Waals surface area contributed by atoms with Gasteiger partial charge >= 0.3 is 0 Å². The minimum atomic E-state index is -0.102. The van der Waals surface area contributed by atoms with Crippen LogP contribution in [0.15, 0.2) is 42.5 Å². The normalized spacial score (nSPS) is 12.9. The zero-order valence-corrected chi connectivity index (χ0v) is 16.8. The van der Waals surface area contributed by atoms with Gasteiger partial charge < -0.3 is 15.0 Å². The molecular formula is C23H28N2O3. The van der Waals surface area contributed by atoms with E-state index in [4.69, 9.17) is 4.74 Å². The summed E-state index contributed by atoms with van der Waals surface area (Å²) in [6.45, 7) is 7.66. The van der Waals surface area contributed by atoms with E-state index in [1.165, 1.54) is 0 Å². The number of benzene rings is 2. The van der Waals surface area contributed by atoms with Crippen LogP contribution in [0, 0.1) is 0 Å². The number of nitrogens with zero attached hydrogens (tertiary/aromatic N) is 1. The first kappa shape index (κ1) is 20.1. The third-order valence-electron chi connectivity index (χ3n) is 4.90. The number of anilines is 1. The molecule has 0 atom stereocenters. The highest BCUT2D eigenvalue weighted by molar-refractivity contribution is 5.98. The molecule has 1 aliphatic rings. The summed E-state index contributed by atoms with van der Waals surface area (Å²) >= 11 is 0. The van der Waals surface area contributed by atoms with Gasteiger partial charge in [0.2, 0.25) is 5.91 Å². The molecule has 148 valence electrons. The first-order chi connectivity index (χ1) is 13.5. The lowest BCUT2D eigenvalue weighted by Gasteiger charge is -2.16. The highest BCUT2D eigenvalue weighted by atomic mass is 16.5. The SMILES string of the molecule is CCC(=O)N1CCc2cc(C(=O)NCc3ccc(COC(C)C)cc3)ccc21. The molecule has 5 nitrogen and oxygen atoms in total. The fourth-order valence-corrected chi connectivity index (χ4v) is 3.29. The van der Waals surface area contributed by atoms with Crippen molar-refractivity contribution in [3.8, 4) is 0 Å². The van der Waals surface area contributed by atoms with E-state index in [0.29, 0.717) is 31.7 Å². The molecule has 28 heavy (non-hydrogen) atoms. The van der Waals surface area contributed by atoms with Gasteiger partial charge in [-0.15, -0.1) is 0 Å². The second-order valence-corrected chi connectivity index (χ2v) is 7.35. The Kier molecular flexibility index (Phi) is 6.47. The van der Waals surface area contributed by atoms with Gasteiger partial charge in [-0.25, -0.2) is 0 Å². The van der Waals surface area contributed by atoms with Crippen molar-refractivity contribution in [1.82, 2.24) is 5.32 Å². The number of rotatable bonds is 7. The van der Waals surface area contributed by atoms with E-state index < -0.39 is 0 Å². The Bertz CT molecular complexity index is 843. The zero-order valence-electron chi connectivity index (χ0n) is 16.8. The lowest BCUT2D eigenvalue weighted by atomic mass is 10.1. The van der Waals surface area contributed by atoms with Gasteiger partial charge in [-0.1, -0.05) is 31.2 Å². The summed E-state index contributed by atoms with van der Waals surface area (Å²) in [7, 11) is 0. The minimum Gasteiger partial charge on any atom is -0.374 e. The molecule has 0 saturated carbocycles. The zero-order chi connectivity index (χ0) is 20.1. The van der Waals surface area contributed by atoms with E-state index >= 15 is 0 Å². The maximum Gasteiger partial charge on any atom is 0.251 e. The van der Waals surface area contributed by atoms with Crippen LogP contribution in [0.5, 0.6) is 0 Å². The molecule has 0 unspecified atom stereocenters. The Balaban J connectivity index is 1.58. The Hall–Kier alpha value is -2.66. The topological polar surface area (TPSA) is 58.6 Å². The summed E-state index contributed by atoms with van der Waals surface area (Å²) in [5.74, 6) is 0.0217. The molecule has 2 aromatic carbocycles. The van der Waals surface area contributed by atoms with Crippen LogP contribution in [-0.2, 0) is 29.1 Å². The van der Waals surface area contributed by atoms with Crippen molar-refractivity contribution in [3.05, 3.63) is 64.7 Å². The standard InChI is InChI=1S/C23H28N2O3/c1-4-22(26)25-12-11-19-13-20(9-10-21(19)25)23(27)24-14-17-5-7-18(8-6-17)15-28-16(2)3/h5-10,13,16H,4,11-12,14-15H2,1-3H3,(H,24,27). The molecule has 0 fully saturated rings. The molecule has 2 amide bonds. The second kappa shape index (κ2) is 9.02. The maximum atomic E-state index is 12.5. The van der Waals surface area contributed by atoms with Crippen LogP contribution < -0.4 is 10.2 Å². The Morgan fingerprint density at radius 1 is 1.11 bits per heavy atom. The predicted octanol–water partition coefficient (Wildman–Crippen LogP) is 3.84. The molecule has 2 aromatic rings. The van der Waals surface area contributed by atoms with Crippen LogP contribution in [0.1, 0.15) is 54.2 Å². The van der Waals surface area contributed by atoms with Gasteiger partial charge in [0.05, 0.1) is 12.7 Å². The highest BCUT2D eigenvalue weighted by Gasteiger charge is 2.24. The molecule has 0 aromatic heterocycles. The average Bonchev–Trinajstić information content (AvgIpc) is 3.13. The number of fused-ring (bicyclic) bond motifs is 1. The molecule has 0 bridgehead atoms. The van der Waals surface area contributed by atoms with Gasteiger partial charge in [-0.3, -0.25) is 9.59 Å². The first-order valence-corrected chi connectivity index (χ1v) is 9.89. The van der Waals surface area contributed by atoms with E-state index in [9.17, 15) is 9.59 Å². The van der Waals surface area contributed by atoms with Gasteiger partial charge in [-0.05, 0) is 55.2 Å². The number of hydrogen-bond acceptors (Lipinski definition) is 3. The third-order valence-corrected chi connectivity index (χ3v) is 4.90. The van der Waals surface area contributed by atoms with Crippen LogP contribution in [0.2, 0.25) is 0 Å². The van der Waals surface area contributed by atoms with Crippen molar-refractivity contribution in [2.75, 3.05) is 11.4 Å². The molecule has 0 radical (unpaired) electrons. The minimum absolute atomic E-state index is 0.102. The fraction of sp³-hybridized carbons (Fsp3) is 0.391. The number of ether oxygens (including phenoxy) is 1. The molecule has 5 heteroatoms. The number of carbonyl (C=O) groups excluding carboxylic acids is 2.